The van der Waals surface area contributed by atoms with Crippen LogP contribution in [-0.2, 0) is 6.18 Å². The Balaban J connectivity index is 1.97. The van der Waals surface area contributed by atoms with Crippen molar-refractivity contribution in [2.24, 2.45) is 0 Å². The van der Waals surface area contributed by atoms with Gasteiger partial charge in [-0.3, -0.25) is 4.90 Å². The first kappa shape index (κ1) is 13.2. The Morgan fingerprint density at radius 3 is 2.17 bits per heavy atom. The highest BCUT2D eigenvalue weighted by atomic mass is 19.4. The molecule has 0 saturated carbocycles. The minimum absolute atomic E-state index is 0.474. The normalized spacial score (nSPS) is 18.9. The predicted octanol–water partition coefficient (Wildman–Crippen LogP) is 2.49. The average molecular weight is 260 g/mol. The minimum Gasteiger partial charge on any atom is -0.361 e. The van der Waals surface area contributed by atoms with Gasteiger partial charge in [0.15, 0.2) is 6.35 Å². The average Bonchev–Trinajstić information content (AvgIpc) is 2.82. The fraction of sp³-hybridized carbons (Fsp3) is 0.500. The summed E-state index contributed by atoms with van der Waals surface area (Å²) >= 11 is 0. The lowest BCUT2D eigenvalue weighted by Gasteiger charge is -2.24. The van der Waals surface area contributed by atoms with Crippen molar-refractivity contribution in [1.29, 1.82) is 0 Å². The van der Waals surface area contributed by atoms with Crippen LogP contribution in [-0.4, -0.2) is 29.4 Å². The van der Waals surface area contributed by atoms with Crippen molar-refractivity contribution in [3.05, 3.63) is 29.8 Å². The first-order chi connectivity index (χ1) is 8.47. The topological polar surface area (TPSA) is 35.5 Å². The van der Waals surface area contributed by atoms with E-state index in [1.54, 1.807) is 0 Å². The Morgan fingerprint density at radius 2 is 1.67 bits per heavy atom. The summed E-state index contributed by atoms with van der Waals surface area (Å²) in [6.45, 7) is 1.60. The largest absolute Gasteiger partial charge is 0.416 e. The number of halogens is 3. The molecule has 1 unspecified atom stereocenters. The first-order valence-corrected chi connectivity index (χ1v) is 5.83. The Morgan fingerprint density at radius 1 is 1.11 bits per heavy atom. The number of aliphatic hydroxyl groups is 1. The molecule has 0 aromatic heterocycles. The zero-order chi connectivity index (χ0) is 13.2. The highest BCUT2D eigenvalue weighted by Gasteiger charge is 2.30. The van der Waals surface area contributed by atoms with E-state index in [1.165, 1.54) is 12.1 Å². The van der Waals surface area contributed by atoms with Crippen LogP contribution < -0.4 is 5.32 Å². The Kier molecular flexibility index (Phi) is 3.77. The number of nitrogens with one attached hydrogen (secondary N) is 1. The second-order valence-corrected chi connectivity index (χ2v) is 4.34. The molecule has 0 amide bonds. The fourth-order valence-electron chi connectivity index (χ4n) is 1.98. The van der Waals surface area contributed by atoms with E-state index < -0.39 is 18.1 Å². The summed E-state index contributed by atoms with van der Waals surface area (Å²) < 4.78 is 37.0. The summed E-state index contributed by atoms with van der Waals surface area (Å²) in [6.07, 6.45) is -3.10. The summed E-state index contributed by atoms with van der Waals surface area (Å²) in [5.41, 5.74) is -0.217. The van der Waals surface area contributed by atoms with E-state index in [1.807, 2.05) is 4.90 Å². The maximum atomic E-state index is 12.3. The van der Waals surface area contributed by atoms with Crippen LogP contribution in [0.25, 0.3) is 0 Å². The third-order valence-electron chi connectivity index (χ3n) is 2.99. The van der Waals surface area contributed by atoms with Gasteiger partial charge in [0.2, 0.25) is 0 Å². The highest BCUT2D eigenvalue weighted by Crippen LogP contribution is 2.29. The van der Waals surface area contributed by atoms with Crippen molar-refractivity contribution in [1.82, 2.24) is 4.90 Å². The van der Waals surface area contributed by atoms with E-state index in [-0.39, 0.29) is 0 Å². The van der Waals surface area contributed by atoms with Crippen molar-refractivity contribution < 1.29 is 18.3 Å². The molecule has 0 radical (unpaired) electrons. The molecule has 0 bridgehead atoms. The van der Waals surface area contributed by atoms with E-state index in [2.05, 4.69) is 5.32 Å². The molecule has 1 aliphatic rings. The van der Waals surface area contributed by atoms with Gasteiger partial charge in [-0.1, -0.05) is 0 Å². The van der Waals surface area contributed by atoms with Gasteiger partial charge in [-0.25, -0.2) is 0 Å². The molecule has 3 nitrogen and oxygen atoms in total. The SMILES string of the molecule is OC(Nc1ccc(C(F)(F)F)cc1)N1CCCC1. The van der Waals surface area contributed by atoms with Gasteiger partial charge in [0.25, 0.3) is 0 Å². The van der Waals surface area contributed by atoms with Crippen molar-refractivity contribution in [2.75, 3.05) is 18.4 Å². The van der Waals surface area contributed by atoms with Crippen LogP contribution in [0.5, 0.6) is 0 Å². The molecule has 1 aromatic carbocycles. The lowest BCUT2D eigenvalue weighted by Crippen LogP contribution is -2.38. The number of likely N-dealkylation sites (tertiary alicyclic amines) is 1. The smallest absolute Gasteiger partial charge is 0.361 e. The van der Waals surface area contributed by atoms with E-state index in [0.717, 1.165) is 38.1 Å². The molecule has 1 fully saturated rings. The molecule has 0 aliphatic carbocycles. The molecule has 1 heterocycles. The molecule has 1 atom stereocenters. The zero-order valence-electron chi connectivity index (χ0n) is 9.74. The molecule has 6 heteroatoms. The molecule has 1 aromatic rings. The Hall–Kier alpha value is -1.27. The highest BCUT2D eigenvalue weighted by molar-refractivity contribution is 5.45. The van der Waals surface area contributed by atoms with Gasteiger partial charge in [-0.2, -0.15) is 13.2 Å². The molecule has 0 spiro atoms. The summed E-state index contributed by atoms with van der Waals surface area (Å²) in [6, 6.07) is 4.64. The maximum Gasteiger partial charge on any atom is 0.416 e. The van der Waals surface area contributed by atoms with Crippen LogP contribution >= 0.6 is 0 Å². The van der Waals surface area contributed by atoms with Crippen LogP contribution in [0.4, 0.5) is 18.9 Å². The molecule has 2 rings (SSSR count). The summed E-state index contributed by atoms with van der Waals surface area (Å²) in [4.78, 5) is 1.84. The number of anilines is 1. The third kappa shape index (κ3) is 3.14. The number of hydrogen-bond acceptors (Lipinski definition) is 3. The molecule has 18 heavy (non-hydrogen) atoms. The van der Waals surface area contributed by atoms with Crippen LogP contribution in [0.15, 0.2) is 24.3 Å². The second kappa shape index (κ2) is 5.16. The molecule has 2 N–H and O–H groups in total. The second-order valence-electron chi connectivity index (χ2n) is 4.34. The quantitative estimate of drug-likeness (QED) is 0.820. The number of alkyl halides is 3. The van der Waals surface area contributed by atoms with Crippen LogP contribution in [0, 0.1) is 0 Å². The van der Waals surface area contributed by atoms with Crippen molar-refractivity contribution in [2.45, 2.75) is 25.4 Å². The van der Waals surface area contributed by atoms with Crippen LogP contribution in [0.3, 0.4) is 0 Å². The van der Waals surface area contributed by atoms with Gasteiger partial charge in [0.1, 0.15) is 0 Å². The van der Waals surface area contributed by atoms with E-state index in [0.29, 0.717) is 5.69 Å². The predicted molar refractivity (Wildman–Crippen MR) is 61.9 cm³/mol. The van der Waals surface area contributed by atoms with Crippen molar-refractivity contribution in [3.63, 3.8) is 0 Å². The summed E-state index contributed by atoms with van der Waals surface area (Å²) in [5.74, 6) is 0. The van der Waals surface area contributed by atoms with E-state index in [9.17, 15) is 18.3 Å². The van der Waals surface area contributed by atoms with E-state index in [4.69, 9.17) is 0 Å². The number of hydrogen-bond donors (Lipinski definition) is 2. The number of nitrogens with zero attached hydrogens (tertiary/aromatic N) is 1. The molecule has 100 valence electrons. The summed E-state index contributed by atoms with van der Waals surface area (Å²) in [5, 5.41) is 12.6. The van der Waals surface area contributed by atoms with E-state index >= 15 is 0 Å². The molecule has 1 saturated heterocycles. The molecular weight excluding hydrogens is 245 g/mol. The van der Waals surface area contributed by atoms with Crippen LogP contribution in [0.2, 0.25) is 0 Å². The minimum atomic E-state index is -4.33. The third-order valence-corrected chi connectivity index (χ3v) is 2.99. The number of rotatable bonds is 3. The fourth-order valence-corrected chi connectivity index (χ4v) is 1.98. The van der Waals surface area contributed by atoms with Gasteiger partial charge < -0.3 is 10.4 Å². The molecular formula is C12H15F3N2O. The van der Waals surface area contributed by atoms with Crippen molar-refractivity contribution in [3.8, 4) is 0 Å². The van der Waals surface area contributed by atoms with Crippen LogP contribution in [0.1, 0.15) is 18.4 Å². The van der Waals surface area contributed by atoms with Gasteiger partial charge in [0, 0.05) is 18.8 Å². The molecule has 1 aliphatic heterocycles. The standard InChI is InChI=1S/C12H15F3N2O/c13-12(14,15)9-3-5-10(6-4-9)16-11(18)17-7-1-2-8-17/h3-6,11,16,18H,1-2,7-8H2. The van der Waals surface area contributed by atoms with Gasteiger partial charge in [0.05, 0.1) is 5.56 Å². The first-order valence-electron chi connectivity index (χ1n) is 5.83. The Labute approximate surface area is 103 Å². The number of benzene rings is 1. The van der Waals surface area contributed by atoms with Crippen molar-refractivity contribution >= 4 is 5.69 Å². The van der Waals surface area contributed by atoms with Gasteiger partial charge in [-0.15, -0.1) is 0 Å². The summed E-state index contributed by atoms with van der Waals surface area (Å²) in [7, 11) is 0. The zero-order valence-corrected chi connectivity index (χ0v) is 9.74. The van der Waals surface area contributed by atoms with Gasteiger partial charge >= 0.3 is 6.18 Å². The lowest BCUT2D eigenvalue weighted by molar-refractivity contribution is -0.137. The monoisotopic (exact) mass is 260 g/mol. The number of aliphatic hydroxyl groups excluding tert-OH is 1. The lowest BCUT2D eigenvalue weighted by atomic mass is 10.2. The Bertz CT molecular complexity index is 385. The van der Waals surface area contributed by atoms with Gasteiger partial charge in [-0.05, 0) is 37.1 Å². The maximum absolute atomic E-state index is 12.3.